The Kier molecular flexibility index (Phi) is 5.74. The molecule has 0 aliphatic carbocycles. The number of nitrogens with zero attached hydrogens (tertiary/aromatic N) is 4. The quantitative estimate of drug-likeness (QED) is 0.514. The van der Waals surface area contributed by atoms with Crippen LogP contribution in [0.15, 0.2) is 52.4 Å². The van der Waals surface area contributed by atoms with Crippen LogP contribution in [0.1, 0.15) is 38.3 Å². The van der Waals surface area contributed by atoms with E-state index in [2.05, 4.69) is 15.6 Å². The zero-order valence-corrected chi connectivity index (χ0v) is 16.7. The minimum absolute atomic E-state index is 0.0138. The normalized spacial score (nSPS) is 10.7. The molecule has 150 valence electrons. The smallest absolute Gasteiger partial charge is 0.292 e. The number of para-hydroxylation sites is 1. The lowest BCUT2D eigenvalue weighted by Gasteiger charge is -2.11. The number of nitriles is 1. The Hall–Kier alpha value is -4.25. The fraction of sp³-hybridized carbons (Fsp3) is 0.136. The molecule has 0 radical (unpaired) electrons. The summed E-state index contributed by atoms with van der Waals surface area (Å²) in [6.07, 6.45) is 1.28. The van der Waals surface area contributed by atoms with Crippen molar-refractivity contribution in [2.24, 2.45) is 5.10 Å². The highest BCUT2D eigenvalue weighted by Crippen LogP contribution is 2.15. The Morgan fingerprint density at radius 2 is 1.93 bits per heavy atom. The van der Waals surface area contributed by atoms with Crippen molar-refractivity contribution < 1.29 is 9.90 Å². The van der Waals surface area contributed by atoms with Gasteiger partial charge in [-0.05, 0) is 56.2 Å². The summed E-state index contributed by atoms with van der Waals surface area (Å²) < 4.78 is 1.04. The molecular formula is C22H19N5O3. The largest absolute Gasteiger partial charge is 0.507 e. The highest BCUT2D eigenvalue weighted by Gasteiger charge is 2.20. The van der Waals surface area contributed by atoms with Crippen LogP contribution in [0.2, 0.25) is 0 Å². The monoisotopic (exact) mass is 401 g/mol. The van der Waals surface area contributed by atoms with Gasteiger partial charge in [-0.1, -0.05) is 18.2 Å². The van der Waals surface area contributed by atoms with E-state index in [1.165, 1.54) is 19.2 Å². The van der Waals surface area contributed by atoms with Crippen LogP contribution in [-0.4, -0.2) is 27.0 Å². The highest BCUT2D eigenvalue weighted by atomic mass is 16.3. The van der Waals surface area contributed by atoms with Crippen LogP contribution in [-0.2, 0) is 0 Å². The Labute approximate surface area is 172 Å². The van der Waals surface area contributed by atoms with Gasteiger partial charge in [-0.2, -0.15) is 20.1 Å². The third-order valence-electron chi connectivity index (χ3n) is 4.70. The average Bonchev–Trinajstić information content (AvgIpc) is 2.72. The zero-order valence-electron chi connectivity index (χ0n) is 16.7. The highest BCUT2D eigenvalue weighted by molar-refractivity contribution is 5.95. The average molecular weight is 401 g/mol. The Bertz CT molecular complexity index is 1270. The molecule has 1 heterocycles. The fourth-order valence-electron chi connectivity index (χ4n) is 2.79. The summed E-state index contributed by atoms with van der Waals surface area (Å²) in [5, 5.41) is 27.2. The predicted octanol–water partition coefficient (Wildman–Crippen LogP) is 2.50. The molecule has 8 nitrogen and oxygen atoms in total. The number of aromatic nitrogens is 2. The fourth-order valence-corrected chi connectivity index (χ4v) is 2.79. The number of hydrogen-bond donors (Lipinski definition) is 2. The van der Waals surface area contributed by atoms with Crippen molar-refractivity contribution >= 4 is 12.1 Å². The molecule has 8 heteroatoms. The van der Waals surface area contributed by atoms with Gasteiger partial charge < -0.3 is 5.11 Å². The van der Waals surface area contributed by atoms with Gasteiger partial charge in [0.25, 0.3) is 11.5 Å². The zero-order chi connectivity index (χ0) is 21.8. The molecule has 2 aromatic carbocycles. The number of nitrogens with one attached hydrogen (secondary N) is 1. The molecule has 30 heavy (non-hydrogen) atoms. The van der Waals surface area contributed by atoms with Gasteiger partial charge in [-0.25, -0.2) is 5.43 Å². The standard InChI is InChI=1S/C22H19N5O3/c1-13-8-9-17(10-14(13)2)27-22(30)18(11-23)15(3)20(26-27)21(29)25-24-12-16-6-4-5-7-19(16)28/h4-10,12,28H,1-3H3,(H,25,29)/b24-12+. The van der Waals surface area contributed by atoms with Crippen LogP contribution in [0, 0.1) is 32.1 Å². The summed E-state index contributed by atoms with van der Waals surface area (Å²) >= 11 is 0. The van der Waals surface area contributed by atoms with Gasteiger partial charge in [-0.15, -0.1) is 0 Å². The number of phenolic OH excluding ortho intramolecular Hbond substituents is 1. The number of carbonyl (C=O) groups excluding carboxylic acids is 1. The second-order valence-corrected chi connectivity index (χ2v) is 6.70. The minimum Gasteiger partial charge on any atom is -0.507 e. The summed E-state index contributed by atoms with van der Waals surface area (Å²) in [5.74, 6) is -0.673. The summed E-state index contributed by atoms with van der Waals surface area (Å²) in [6, 6.07) is 13.7. The molecule has 1 amide bonds. The molecule has 0 bridgehead atoms. The first-order valence-corrected chi connectivity index (χ1v) is 9.06. The van der Waals surface area contributed by atoms with E-state index in [1.54, 1.807) is 30.3 Å². The molecule has 0 saturated heterocycles. The number of rotatable bonds is 4. The lowest BCUT2D eigenvalue weighted by Crippen LogP contribution is -2.31. The Morgan fingerprint density at radius 3 is 2.60 bits per heavy atom. The van der Waals surface area contributed by atoms with Gasteiger partial charge in [0.15, 0.2) is 5.69 Å². The van der Waals surface area contributed by atoms with E-state index >= 15 is 0 Å². The van der Waals surface area contributed by atoms with Gasteiger partial charge in [0.05, 0.1) is 11.9 Å². The molecule has 3 aromatic rings. The molecular weight excluding hydrogens is 382 g/mol. The first kappa shape index (κ1) is 20.5. The molecule has 3 rings (SSSR count). The molecule has 0 saturated carbocycles. The van der Waals surface area contributed by atoms with Crippen LogP contribution in [0.25, 0.3) is 5.69 Å². The summed E-state index contributed by atoms with van der Waals surface area (Å²) in [4.78, 5) is 25.4. The summed E-state index contributed by atoms with van der Waals surface area (Å²) in [7, 11) is 0. The van der Waals surface area contributed by atoms with E-state index in [1.807, 2.05) is 26.0 Å². The number of aromatic hydroxyl groups is 1. The number of phenols is 1. The van der Waals surface area contributed by atoms with Crippen molar-refractivity contribution in [1.82, 2.24) is 15.2 Å². The maximum Gasteiger partial charge on any atom is 0.292 e. The SMILES string of the molecule is Cc1ccc(-n2nc(C(=O)N/N=C/c3ccccc3O)c(C)c(C#N)c2=O)cc1C. The van der Waals surface area contributed by atoms with Crippen molar-refractivity contribution in [3.63, 3.8) is 0 Å². The van der Waals surface area contributed by atoms with E-state index in [0.717, 1.165) is 15.8 Å². The van der Waals surface area contributed by atoms with Crippen LogP contribution in [0.5, 0.6) is 5.75 Å². The lowest BCUT2D eigenvalue weighted by molar-refractivity contribution is 0.0947. The van der Waals surface area contributed by atoms with Crippen molar-refractivity contribution in [3.05, 3.63) is 86.3 Å². The van der Waals surface area contributed by atoms with Gasteiger partial charge >= 0.3 is 0 Å². The number of amides is 1. The number of hydrazone groups is 1. The Balaban J connectivity index is 2.01. The minimum atomic E-state index is -0.687. The van der Waals surface area contributed by atoms with Crippen LogP contribution in [0.3, 0.4) is 0 Å². The maximum atomic E-state index is 12.7. The van der Waals surface area contributed by atoms with Gasteiger partial charge in [0.2, 0.25) is 0 Å². The van der Waals surface area contributed by atoms with E-state index < -0.39 is 11.5 Å². The second kappa shape index (κ2) is 8.41. The summed E-state index contributed by atoms with van der Waals surface area (Å²) in [5.41, 5.74) is 4.46. The third kappa shape index (κ3) is 3.95. The van der Waals surface area contributed by atoms with Crippen molar-refractivity contribution in [2.45, 2.75) is 20.8 Å². The molecule has 0 fully saturated rings. The van der Waals surface area contributed by atoms with E-state index in [9.17, 15) is 20.0 Å². The van der Waals surface area contributed by atoms with Crippen LogP contribution >= 0.6 is 0 Å². The number of carbonyl (C=O) groups is 1. The van der Waals surface area contributed by atoms with Gasteiger partial charge in [0.1, 0.15) is 17.4 Å². The molecule has 1 aromatic heterocycles. The van der Waals surface area contributed by atoms with Crippen LogP contribution < -0.4 is 11.0 Å². The lowest BCUT2D eigenvalue weighted by atomic mass is 10.1. The number of benzene rings is 2. The molecule has 2 N–H and O–H groups in total. The van der Waals surface area contributed by atoms with E-state index in [4.69, 9.17) is 0 Å². The van der Waals surface area contributed by atoms with Crippen LogP contribution in [0.4, 0.5) is 0 Å². The van der Waals surface area contributed by atoms with Gasteiger partial charge in [-0.3, -0.25) is 9.59 Å². The molecule has 0 spiro atoms. The molecule has 0 aliphatic rings. The first-order chi connectivity index (χ1) is 14.3. The molecule has 0 unspecified atom stereocenters. The third-order valence-corrected chi connectivity index (χ3v) is 4.70. The van der Waals surface area contributed by atoms with Gasteiger partial charge in [0, 0.05) is 11.1 Å². The summed E-state index contributed by atoms with van der Waals surface area (Å²) in [6.45, 7) is 5.32. The first-order valence-electron chi connectivity index (χ1n) is 9.06. The topological polar surface area (TPSA) is 120 Å². The number of aryl methyl sites for hydroxylation is 2. The van der Waals surface area contributed by atoms with E-state index in [0.29, 0.717) is 11.3 Å². The second-order valence-electron chi connectivity index (χ2n) is 6.70. The van der Waals surface area contributed by atoms with Crippen molar-refractivity contribution in [1.29, 1.82) is 5.26 Å². The number of hydrogen-bond acceptors (Lipinski definition) is 6. The predicted molar refractivity (Wildman–Crippen MR) is 112 cm³/mol. The molecule has 0 aliphatic heterocycles. The molecule has 0 atom stereocenters. The van der Waals surface area contributed by atoms with E-state index in [-0.39, 0.29) is 22.6 Å². The Morgan fingerprint density at radius 1 is 1.20 bits per heavy atom. The van der Waals surface area contributed by atoms with Crippen molar-refractivity contribution in [2.75, 3.05) is 0 Å². The maximum absolute atomic E-state index is 12.7. The van der Waals surface area contributed by atoms with Crippen molar-refractivity contribution in [3.8, 4) is 17.5 Å².